The van der Waals surface area contributed by atoms with Crippen LogP contribution < -0.4 is 0 Å². The summed E-state index contributed by atoms with van der Waals surface area (Å²) in [7, 11) is 0. The number of rotatable bonds is 9. The summed E-state index contributed by atoms with van der Waals surface area (Å²) in [4.78, 5) is 28.8. The molecular weight excluding hydrogens is 512 g/mol. The molecule has 0 amide bonds. The van der Waals surface area contributed by atoms with Gasteiger partial charge in [0.15, 0.2) is 11.6 Å². The number of ketones is 2. The van der Waals surface area contributed by atoms with E-state index in [1.54, 1.807) is 0 Å². The molecule has 0 aliphatic carbocycles. The van der Waals surface area contributed by atoms with Gasteiger partial charge in [-0.15, -0.1) is 0 Å². The Balaban J connectivity index is 1.49. The molecule has 0 bridgehead atoms. The molecule has 0 heterocycles. The second-order valence-corrected chi connectivity index (χ2v) is 10.4. The summed E-state index contributed by atoms with van der Waals surface area (Å²) in [6.45, 7) is 0. The molecule has 2 unspecified atom stereocenters. The minimum atomic E-state index is -0.715. The summed E-state index contributed by atoms with van der Waals surface area (Å²) >= 11 is 0. The Morgan fingerprint density at radius 1 is 0.310 bits per heavy atom. The van der Waals surface area contributed by atoms with E-state index in [0.29, 0.717) is 11.1 Å². The smallest absolute Gasteiger partial charge is 0.171 e. The quantitative estimate of drug-likeness (QED) is 0.170. The summed E-state index contributed by atoms with van der Waals surface area (Å²) in [5, 5.41) is 0. The molecule has 0 aliphatic heterocycles. The van der Waals surface area contributed by atoms with Crippen molar-refractivity contribution in [3.05, 3.63) is 192 Å². The molecule has 6 aromatic carbocycles. The second kappa shape index (κ2) is 12.4. The number of carbonyl (C=O) groups excluding carboxylic acids is 2. The van der Waals surface area contributed by atoms with Crippen LogP contribution in [0.3, 0.4) is 0 Å². The number of Topliss-reactive ketones (excluding diaryl/α,β-unsaturated/α-hetero) is 2. The first-order valence-electron chi connectivity index (χ1n) is 14.2. The van der Waals surface area contributed by atoms with Gasteiger partial charge in [0.1, 0.15) is 0 Å². The third-order valence-electron chi connectivity index (χ3n) is 7.77. The SMILES string of the molecule is O=C(c1ccccc1)C(c1ccc(-c2ccccc2)cc1)C(C(=O)c1ccccc1)c1ccc(-c2ccccc2)cc1. The van der Waals surface area contributed by atoms with E-state index in [-0.39, 0.29) is 11.6 Å². The maximum Gasteiger partial charge on any atom is 0.171 e. The van der Waals surface area contributed by atoms with E-state index in [1.807, 2.05) is 146 Å². The summed E-state index contributed by atoms with van der Waals surface area (Å²) in [5.74, 6) is -1.59. The summed E-state index contributed by atoms with van der Waals surface area (Å²) < 4.78 is 0. The third-order valence-corrected chi connectivity index (χ3v) is 7.77. The number of hydrogen-bond acceptors (Lipinski definition) is 2. The Morgan fingerprint density at radius 3 is 0.881 bits per heavy atom. The van der Waals surface area contributed by atoms with Crippen LogP contribution in [0.2, 0.25) is 0 Å². The largest absolute Gasteiger partial charge is 0.293 e. The van der Waals surface area contributed by atoms with Gasteiger partial charge in [0.05, 0.1) is 11.8 Å². The molecule has 0 spiro atoms. The molecule has 202 valence electrons. The molecule has 0 saturated carbocycles. The van der Waals surface area contributed by atoms with Crippen molar-refractivity contribution in [3.63, 3.8) is 0 Å². The van der Waals surface area contributed by atoms with Crippen LogP contribution in [-0.4, -0.2) is 11.6 Å². The van der Waals surface area contributed by atoms with E-state index >= 15 is 0 Å². The van der Waals surface area contributed by atoms with E-state index in [2.05, 4.69) is 24.3 Å². The molecule has 0 saturated heterocycles. The highest BCUT2D eigenvalue weighted by Gasteiger charge is 2.37. The van der Waals surface area contributed by atoms with Crippen LogP contribution in [0.25, 0.3) is 22.3 Å². The zero-order chi connectivity index (χ0) is 28.7. The second-order valence-electron chi connectivity index (χ2n) is 10.4. The average Bonchev–Trinajstić information content (AvgIpc) is 3.08. The Bertz CT molecular complexity index is 1620. The van der Waals surface area contributed by atoms with Crippen molar-refractivity contribution < 1.29 is 9.59 Å². The molecule has 0 radical (unpaired) electrons. The highest BCUT2D eigenvalue weighted by atomic mass is 16.1. The van der Waals surface area contributed by atoms with Crippen LogP contribution >= 0.6 is 0 Å². The van der Waals surface area contributed by atoms with E-state index in [4.69, 9.17) is 0 Å². The molecule has 0 fully saturated rings. The van der Waals surface area contributed by atoms with Gasteiger partial charge in [0, 0.05) is 11.1 Å². The lowest BCUT2D eigenvalue weighted by Crippen LogP contribution is -2.27. The van der Waals surface area contributed by atoms with Crippen molar-refractivity contribution in [2.75, 3.05) is 0 Å². The zero-order valence-corrected chi connectivity index (χ0v) is 23.1. The molecule has 6 rings (SSSR count). The fraction of sp³-hybridized carbons (Fsp3) is 0.0500. The standard InChI is InChI=1S/C40H30O2/c41-39(35-17-9-3-10-18-35)37(33-25-21-31(22-26-33)29-13-5-1-6-14-29)38(40(42)36-19-11-4-12-20-36)34-27-23-32(24-28-34)30-15-7-2-8-16-30/h1-28,37-38H. The van der Waals surface area contributed by atoms with Crippen molar-refractivity contribution in [1.82, 2.24) is 0 Å². The number of benzene rings is 6. The van der Waals surface area contributed by atoms with Gasteiger partial charge in [-0.25, -0.2) is 0 Å². The molecule has 0 aromatic heterocycles. The fourth-order valence-corrected chi connectivity index (χ4v) is 5.58. The summed E-state index contributed by atoms with van der Waals surface area (Å²) in [5.41, 5.74) is 7.11. The topological polar surface area (TPSA) is 34.1 Å². The van der Waals surface area contributed by atoms with Gasteiger partial charge in [-0.2, -0.15) is 0 Å². The van der Waals surface area contributed by atoms with E-state index < -0.39 is 11.8 Å². The Morgan fingerprint density at radius 2 is 0.571 bits per heavy atom. The van der Waals surface area contributed by atoms with E-state index in [1.165, 1.54) is 0 Å². The van der Waals surface area contributed by atoms with Crippen molar-refractivity contribution in [3.8, 4) is 22.3 Å². The Hall–Kier alpha value is -5.34. The molecule has 2 nitrogen and oxygen atoms in total. The maximum absolute atomic E-state index is 14.4. The maximum atomic E-state index is 14.4. The molecule has 0 aliphatic rings. The van der Waals surface area contributed by atoms with E-state index in [0.717, 1.165) is 33.4 Å². The predicted molar refractivity (Wildman–Crippen MR) is 171 cm³/mol. The van der Waals surface area contributed by atoms with Crippen molar-refractivity contribution >= 4 is 11.6 Å². The first-order chi connectivity index (χ1) is 20.7. The number of hydrogen-bond donors (Lipinski definition) is 0. The van der Waals surface area contributed by atoms with Gasteiger partial charge >= 0.3 is 0 Å². The summed E-state index contributed by atoms with van der Waals surface area (Å²) in [6.07, 6.45) is 0. The van der Waals surface area contributed by atoms with Gasteiger partial charge in [0.25, 0.3) is 0 Å². The van der Waals surface area contributed by atoms with Crippen LogP contribution in [0.1, 0.15) is 43.7 Å². The molecule has 2 heteroatoms. The lowest BCUT2D eigenvalue weighted by atomic mass is 9.73. The highest BCUT2D eigenvalue weighted by Crippen LogP contribution is 2.40. The lowest BCUT2D eigenvalue weighted by molar-refractivity contribution is 0.0866. The first-order valence-corrected chi connectivity index (χ1v) is 14.2. The third kappa shape index (κ3) is 5.75. The van der Waals surface area contributed by atoms with Crippen LogP contribution in [0.15, 0.2) is 170 Å². The highest BCUT2D eigenvalue weighted by molar-refractivity contribution is 6.09. The fourth-order valence-electron chi connectivity index (χ4n) is 5.58. The molecule has 0 N–H and O–H groups in total. The molecule has 6 aromatic rings. The minimum Gasteiger partial charge on any atom is -0.293 e. The van der Waals surface area contributed by atoms with Gasteiger partial charge < -0.3 is 0 Å². The van der Waals surface area contributed by atoms with Crippen LogP contribution in [0.5, 0.6) is 0 Å². The monoisotopic (exact) mass is 542 g/mol. The van der Waals surface area contributed by atoms with Crippen molar-refractivity contribution in [2.45, 2.75) is 11.8 Å². The Kier molecular flexibility index (Phi) is 7.96. The zero-order valence-electron chi connectivity index (χ0n) is 23.1. The van der Waals surface area contributed by atoms with Crippen molar-refractivity contribution in [1.29, 1.82) is 0 Å². The predicted octanol–water partition coefficient (Wildman–Crippen LogP) is 9.65. The Labute approximate surface area is 246 Å². The van der Waals surface area contributed by atoms with Crippen LogP contribution in [-0.2, 0) is 0 Å². The van der Waals surface area contributed by atoms with E-state index in [9.17, 15) is 9.59 Å². The van der Waals surface area contributed by atoms with Gasteiger partial charge in [-0.1, -0.05) is 170 Å². The van der Waals surface area contributed by atoms with Crippen LogP contribution in [0.4, 0.5) is 0 Å². The first kappa shape index (κ1) is 26.9. The summed E-state index contributed by atoms with van der Waals surface area (Å²) in [6, 6.07) is 55.0. The minimum absolute atomic E-state index is 0.0792. The number of carbonyl (C=O) groups is 2. The molecule has 42 heavy (non-hydrogen) atoms. The van der Waals surface area contributed by atoms with Gasteiger partial charge in [-0.3, -0.25) is 9.59 Å². The lowest BCUT2D eigenvalue weighted by Gasteiger charge is -2.27. The molecule has 2 atom stereocenters. The molecular formula is C40H30O2. The van der Waals surface area contributed by atoms with Gasteiger partial charge in [0.2, 0.25) is 0 Å². The normalized spacial score (nSPS) is 12.3. The van der Waals surface area contributed by atoms with Crippen LogP contribution in [0, 0.1) is 0 Å². The average molecular weight is 543 g/mol. The van der Waals surface area contributed by atoms with Gasteiger partial charge in [-0.05, 0) is 33.4 Å². The van der Waals surface area contributed by atoms with Crippen molar-refractivity contribution in [2.24, 2.45) is 0 Å².